The third-order valence-electron chi connectivity index (χ3n) is 9.76. The van der Waals surface area contributed by atoms with Gasteiger partial charge in [-0.25, -0.2) is 15.0 Å². The molecule has 1 atom stereocenters. The molecule has 0 radical (unpaired) electrons. The molecule has 0 bridgehead atoms. The largest absolute Gasteiger partial charge is 0.494 e. The fraction of sp³-hybridized carbons (Fsp3) is 0.444. The van der Waals surface area contributed by atoms with Crippen LogP contribution in [0.25, 0.3) is 0 Å². The number of nitriles is 1. The highest BCUT2D eigenvalue weighted by atomic mass is 16.7. The Kier molecular flexibility index (Phi) is 10.4. The molecule has 48 heavy (non-hydrogen) atoms. The standard InChI is InChI=1S/C36H45N9O3/c1-5-36(46)41-29-20-30(33(47-4)21-32(29)44-16-11-28(12-17-44)43-14-9-27(10-15-43)42(2)3)40-34-22-35(39-24-38-34)45-31(13-18-48-45)26-8-6-7-25(19-26)23-37/h5-8,19-22,24,27-28,31H,1,9-18H2,2-4H3,(H,41,46)(H,38,39,40)/t31-/m1/s1. The number of anilines is 5. The van der Waals surface area contributed by atoms with Crippen molar-refractivity contribution in [3.8, 4) is 11.8 Å². The van der Waals surface area contributed by atoms with Crippen molar-refractivity contribution in [3.63, 3.8) is 0 Å². The molecule has 3 aliphatic heterocycles. The van der Waals surface area contributed by atoms with E-state index in [0.717, 1.165) is 56.7 Å². The minimum atomic E-state index is -0.284. The second kappa shape index (κ2) is 15.0. The highest BCUT2D eigenvalue weighted by Crippen LogP contribution is 2.41. The first-order valence-electron chi connectivity index (χ1n) is 16.7. The molecule has 12 nitrogen and oxygen atoms in total. The van der Waals surface area contributed by atoms with E-state index in [1.807, 2.05) is 36.4 Å². The summed E-state index contributed by atoms with van der Waals surface area (Å²) in [7, 11) is 6.00. The molecule has 1 aromatic heterocycles. The Morgan fingerprint density at radius 1 is 1.06 bits per heavy atom. The van der Waals surface area contributed by atoms with Gasteiger partial charge < -0.3 is 30.1 Å². The second-order valence-corrected chi connectivity index (χ2v) is 12.8. The number of carbonyl (C=O) groups excluding carboxylic acids is 1. The predicted octanol–water partition coefficient (Wildman–Crippen LogP) is 5.10. The van der Waals surface area contributed by atoms with Crippen LogP contribution in [0.4, 0.5) is 28.7 Å². The van der Waals surface area contributed by atoms with E-state index < -0.39 is 0 Å². The number of piperidine rings is 2. The van der Waals surface area contributed by atoms with E-state index in [0.29, 0.717) is 53.0 Å². The summed E-state index contributed by atoms with van der Waals surface area (Å²) in [4.78, 5) is 34.9. The number of aromatic nitrogens is 2. The minimum Gasteiger partial charge on any atom is -0.494 e. The molecule has 3 aromatic rings. The molecule has 252 valence electrons. The van der Waals surface area contributed by atoms with Crippen molar-refractivity contribution in [1.82, 2.24) is 19.8 Å². The number of hydroxylamine groups is 1. The first-order valence-corrected chi connectivity index (χ1v) is 16.7. The lowest BCUT2D eigenvalue weighted by atomic mass is 9.97. The van der Waals surface area contributed by atoms with Crippen LogP contribution in [-0.4, -0.2) is 91.7 Å². The molecule has 4 heterocycles. The lowest BCUT2D eigenvalue weighted by molar-refractivity contribution is -0.111. The number of benzene rings is 2. The van der Waals surface area contributed by atoms with E-state index in [-0.39, 0.29) is 11.9 Å². The number of carbonyl (C=O) groups is 1. The summed E-state index contributed by atoms with van der Waals surface area (Å²) >= 11 is 0. The monoisotopic (exact) mass is 651 g/mol. The Morgan fingerprint density at radius 2 is 1.85 bits per heavy atom. The lowest BCUT2D eigenvalue weighted by Crippen LogP contribution is -2.50. The second-order valence-electron chi connectivity index (χ2n) is 12.8. The SMILES string of the molecule is C=CC(=O)Nc1cc(Nc2cc(N3OCC[C@@H]3c3cccc(C#N)c3)ncn2)c(OC)cc1N1CCC(N2CCC(N(C)C)CC2)CC1. The third kappa shape index (κ3) is 7.39. The summed E-state index contributed by atoms with van der Waals surface area (Å²) in [6.45, 7) is 8.25. The Labute approximate surface area is 282 Å². The van der Waals surface area contributed by atoms with Crippen LogP contribution in [0, 0.1) is 11.3 Å². The fourth-order valence-corrected chi connectivity index (χ4v) is 7.11. The minimum absolute atomic E-state index is 0.0930. The zero-order chi connectivity index (χ0) is 33.6. The van der Waals surface area contributed by atoms with Crippen molar-refractivity contribution < 1.29 is 14.4 Å². The zero-order valence-corrected chi connectivity index (χ0v) is 28.1. The summed E-state index contributed by atoms with van der Waals surface area (Å²) in [5, 5.41) is 17.6. The number of nitrogens with one attached hydrogen (secondary N) is 2. The van der Waals surface area contributed by atoms with Crippen LogP contribution in [0.15, 0.2) is 61.4 Å². The van der Waals surface area contributed by atoms with Crippen molar-refractivity contribution >= 4 is 34.6 Å². The van der Waals surface area contributed by atoms with Gasteiger partial charge in [-0.05, 0) is 82.7 Å². The Bertz CT molecular complexity index is 1640. The summed E-state index contributed by atoms with van der Waals surface area (Å²) in [6.07, 6.45) is 8.08. The highest BCUT2D eigenvalue weighted by Gasteiger charge is 2.31. The van der Waals surface area contributed by atoms with E-state index in [1.165, 1.54) is 25.2 Å². The van der Waals surface area contributed by atoms with E-state index in [9.17, 15) is 10.1 Å². The van der Waals surface area contributed by atoms with Gasteiger partial charge in [-0.1, -0.05) is 18.7 Å². The molecule has 3 fully saturated rings. The smallest absolute Gasteiger partial charge is 0.247 e. The van der Waals surface area contributed by atoms with Gasteiger partial charge in [0.25, 0.3) is 0 Å². The van der Waals surface area contributed by atoms with Gasteiger partial charge >= 0.3 is 0 Å². The van der Waals surface area contributed by atoms with Crippen LogP contribution < -0.4 is 25.3 Å². The van der Waals surface area contributed by atoms with E-state index >= 15 is 0 Å². The fourth-order valence-electron chi connectivity index (χ4n) is 7.11. The van der Waals surface area contributed by atoms with Gasteiger partial charge in [-0.2, -0.15) is 5.26 Å². The quantitative estimate of drug-likeness (QED) is 0.285. The van der Waals surface area contributed by atoms with Gasteiger partial charge in [0.15, 0.2) is 5.82 Å². The lowest BCUT2D eigenvalue weighted by Gasteiger charge is -2.43. The molecule has 1 amide bonds. The first-order chi connectivity index (χ1) is 23.4. The molecule has 0 spiro atoms. The van der Waals surface area contributed by atoms with Crippen molar-refractivity contribution in [2.75, 3.05) is 74.6 Å². The zero-order valence-electron chi connectivity index (χ0n) is 28.1. The average Bonchev–Trinajstić information content (AvgIpc) is 3.62. The number of nitrogens with zero attached hydrogens (tertiary/aromatic N) is 7. The Balaban J connectivity index is 1.20. The van der Waals surface area contributed by atoms with E-state index in [4.69, 9.17) is 9.57 Å². The molecular formula is C36H45N9O3. The van der Waals surface area contributed by atoms with Gasteiger partial charge in [0.05, 0.1) is 48.5 Å². The van der Waals surface area contributed by atoms with Crippen LogP contribution in [0.5, 0.6) is 5.75 Å². The van der Waals surface area contributed by atoms with Crippen LogP contribution in [-0.2, 0) is 9.63 Å². The van der Waals surface area contributed by atoms with Gasteiger partial charge in [0.2, 0.25) is 5.91 Å². The maximum Gasteiger partial charge on any atom is 0.247 e. The number of ether oxygens (including phenoxy) is 1. The van der Waals surface area contributed by atoms with E-state index in [2.05, 4.69) is 62.0 Å². The normalized spacial score (nSPS) is 19.3. The molecule has 12 heteroatoms. The number of likely N-dealkylation sites (tertiary alicyclic amines) is 1. The number of rotatable bonds is 10. The molecule has 0 saturated carbocycles. The molecular weight excluding hydrogens is 606 g/mol. The molecule has 3 aliphatic rings. The van der Waals surface area contributed by atoms with Crippen molar-refractivity contribution in [2.24, 2.45) is 0 Å². The van der Waals surface area contributed by atoms with Gasteiger partial charge in [-0.3, -0.25) is 9.63 Å². The Hall–Kier alpha value is -4.70. The average molecular weight is 652 g/mol. The predicted molar refractivity (Wildman–Crippen MR) is 188 cm³/mol. The molecule has 2 aromatic carbocycles. The highest BCUT2D eigenvalue weighted by molar-refractivity contribution is 6.02. The molecule has 2 N–H and O–H groups in total. The number of methoxy groups -OCH3 is 1. The molecule has 0 aliphatic carbocycles. The number of hydrogen-bond donors (Lipinski definition) is 2. The number of amides is 1. The molecule has 0 unspecified atom stereocenters. The molecule has 3 saturated heterocycles. The maximum atomic E-state index is 12.6. The van der Waals surface area contributed by atoms with Crippen LogP contribution in [0.1, 0.15) is 49.3 Å². The van der Waals surface area contributed by atoms with Crippen molar-refractivity contribution in [2.45, 2.75) is 50.2 Å². The van der Waals surface area contributed by atoms with Gasteiger partial charge in [0.1, 0.15) is 17.9 Å². The van der Waals surface area contributed by atoms with E-state index in [1.54, 1.807) is 18.2 Å². The summed E-state index contributed by atoms with van der Waals surface area (Å²) in [5.41, 5.74) is 3.81. The van der Waals surface area contributed by atoms with Crippen LogP contribution in [0.2, 0.25) is 0 Å². The number of hydrogen-bond acceptors (Lipinski definition) is 11. The Morgan fingerprint density at radius 3 is 2.56 bits per heavy atom. The van der Waals surface area contributed by atoms with Crippen molar-refractivity contribution in [1.29, 1.82) is 5.26 Å². The summed E-state index contributed by atoms with van der Waals surface area (Å²) in [5.74, 6) is 1.46. The van der Waals surface area contributed by atoms with Crippen LogP contribution >= 0.6 is 0 Å². The van der Waals surface area contributed by atoms with Crippen LogP contribution in [0.3, 0.4) is 0 Å². The summed E-state index contributed by atoms with van der Waals surface area (Å²) < 4.78 is 5.87. The van der Waals surface area contributed by atoms with Gasteiger partial charge in [0, 0.05) is 43.7 Å². The first kappa shape index (κ1) is 33.2. The van der Waals surface area contributed by atoms with Gasteiger partial charge in [-0.15, -0.1) is 0 Å². The maximum absolute atomic E-state index is 12.6. The van der Waals surface area contributed by atoms with Crippen molar-refractivity contribution in [3.05, 3.63) is 72.6 Å². The third-order valence-corrected chi connectivity index (χ3v) is 9.76. The summed E-state index contributed by atoms with van der Waals surface area (Å²) in [6, 6.07) is 16.6. The topological polar surface area (TPSA) is 122 Å². The molecule has 6 rings (SSSR count).